The summed E-state index contributed by atoms with van der Waals surface area (Å²) >= 11 is 5.35. The van der Waals surface area contributed by atoms with Crippen molar-refractivity contribution in [1.82, 2.24) is 4.90 Å². The van der Waals surface area contributed by atoms with E-state index in [4.69, 9.17) is 5.73 Å². The molecule has 80 valence electrons. The van der Waals surface area contributed by atoms with Gasteiger partial charge >= 0.3 is 0 Å². The molecule has 1 atom stereocenters. The number of halogens is 2. The Labute approximate surface area is 103 Å². The summed E-state index contributed by atoms with van der Waals surface area (Å²) in [6, 6.07) is 2.49. The van der Waals surface area contributed by atoms with Gasteiger partial charge in [0.15, 0.2) is 0 Å². The predicted octanol–water partition coefficient (Wildman–Crippen LogP) is 2.47. The molecule has 0 spiro atoms. The van der Waals surface area contributed by atoms with Crippen molar-refractivity contribution < 1.29 is 0 Å². The molecule has 1 saturated heterocycles. The molecule has 0 aromatic carbocycles. The van der Waals surface area contributed by atoms with Crippen LogP contribution in [0.4, 0.5) is 0 Å². The number of rotatable bonds is 2. The summed E-state index contributed by atoms with van der Waals surface area (Å²) in [7, 11) is 0. The van der Waals surface area contributed by atoms with Gasteiger partial charge in [-0.2, -0.15) is 0 Å². The summed E-state index contributed by atoms with van der Waals surface area (Å²) in [6.07, 6.45) is 1.14. The van der Waals surface area contributed by atoms with Crippen LogP contribution in [0, 0.1) is 0 Å². The molecule has 0 amide bonds. The normalized spacial score (nSPS) is 22.3. The van der Waals surface area contributed by atoms with Crippen LogP contribution in [-0.4, -0.2) is 24.0 Å². The van der Waals surface area contributed by atoms with Crippen molar-refractivity contribution >= 4 is 39.7 Å². The minimum atomic E-state index is 0. The molecule has 0 saturated carbocycles. The summed E-state index contributed by atoms with van der Waals surface area (Å²) in [5, 5.41) is 2.12. The van der Waals surface area contributed by atoms with Crippen LogP contribution in [0.25, 0.3) is 0 Å². The van der Waals surface area contributed by atoms with E-state index in [1.807, 2.05) is 11.3 Å². The monoisotopic (exact) mass is 296 g/mol. The molecule has 1 unspecified atom stereocenters. The van der Waals surface area contributed by atoms with Crippen molar-refractivity contribution in [3.05, 3.63) is 20.8 Å². The summed E-state index contributed by atoms with van der Waals surface area (Å²) < 4.78 is 1.23. The molecule has 14 heavy (non-hydrogen) atoms. The van der Waals surface area contributed by atoms with Crippen LogP contribution in [0.2, 0.25) is 0 Å². The SMILES string of the molecule is Cl.NC1CCN(Cc2sccc2Br)C1. The van der Waals surface area contributed by atoms with Crippen LogP contribution < -0.4 is 5.73 Å². The molecule has 2 N–H and O–H groups in total. The number of nitrogens with two attached hydrogens (primary N) is 1. The summed E-state index contributed by atoms with van der Waals surface area (Å²) in [6.45, 7) is 3.24. The average Bonchev–Trinajstić information content (AvgIpc) is 2.64. The van der Waals surface area contributed by atoms with Gasteiger partial charge in [-0.3, -0.25) is 4.90 Å². The highest BCUT2D eigenvalue weighted by atomic mass is 79.9. The van der Waals surface area contributed by atoms with E-state index in [0.29, 0.717) is 6.04 Å². The van der Waals surface area contributed by atoms with Crippen LogP contribution >= 0.6 is 39.7 Å². The van der Waals surface area contributed by atoms with Gasteiger partial charge < -0.3 is 5.73 Å². The first-order chi connectivity index (χ1) is 6.25. The molecule has 0 bridgehead atoms. The number of hydrogen-bond acceptors (Lipinski definition) is 3. The van der Waals surface area contributed by atoms with Crippen LogP contribution in [0.15, 0.2) is 15.9 Å². The molecule has 2 nitrogen and oxygen atoms in total. The second-order valence-corrected chi connectivity index (χ2v) is 5.33. The van der Waals surface area contributed by atoms with Crippen molar-refractivity contribution in [2.75, 3.05) is 13.1 Å². The Kier molecular flexibility index (Phi) is 4.87. The lowest BCUT2D eigenvalue weighted by molar-refractivity contribution is 0.329. The third-order valence-corrected chi connectivity index (χ3v) is 4.28. The molecule has 1 aliphatic heterocycles. The van der Waals surface area contributed by atoms with Crippen molar-refractivity contribution in [2.45, 2.75) is 19.0 Å². The zero-order valence-electron chi connectivity index (χ0n) is 7.78. The topological polar surface area (TPSA) is 29.3 Å². The molecule has 1 aromatic heterocycles. The lowest BCUT2D eigenvalue weighted by Crippen LogP contribution is -2.26. The smallest absolute Gasteiger partial charge is 0.0339 e. The van der Waals surface area contributed by atoms with Gasteiger partial charge in [0.25, 0.3) is 0 Å². The molecule has 1 fully saturated rings. The fourth-order valence-corrected chi connectivity index (χ4v) is 3.17. The third-order valence-electron chi connectivity index (χ3n) is 2.37. The minimum absolute atomic E-state index is 0. The van der Waals surface area contributed by atoms with Gasteiger partial charge in [-0.05, 0) is 33.8 Å². The fourth-order valence-electron chi connectivity index (χ4n) is 1.65. The summed E-state index contributed by atoms with van der Waals surface area (Å²) in [5.74, 6) is 0. The molecule has 5 heteroatoms. The van der Waals surface area contributed by atoms with E-state index in [-0.39, 0.29) is 12.4 Å². The second-order valence-electron chi connectivity index (χ2n) is 3.48. The van der Waals surface area contributed by atoms with Gasteiger partial charge in [0.05, 0.1) is 0 Å². The Morgan fingerprint density at radius 1 is 1.64 bits per heavy atom. The van der Waals surface area contributed by atoms with Gasteiger partial charge in [-0.25, -0.2) is 0 Å². The molecule has 0 radical (unpaired) electrons. The fraction of sp³-hybridized carbons (Fsp3) is 0.556. The maximum atomic E-state index is 5.84. The van der Waals surface area contributed by atoms with E-state index in [9.17, 15) is 0 Å². The molecule has 2 heterocycles. The highest BCUT2D eigenvalue weighted by Gasteiger charge is 2.19. The minimum Gasteiger partial charge on any atom is -0.326 e. The van der Waals surface area contributed by atoms with Gasteiger partial charge in [0, 0.05) is 35.0 Å². The van der Waals surface area contributed by atoms with Crippen molar-refractivity contribution in [3.63, 3.8) is 0 Å². The van der Waals surface area contributed by atoms with Crippen molar-refractivity contribution in [1.29, 1.82) is 0 Å². The van der Waals surface area contributed by atoms with Crippen molar-refractivity contribution in [2.24, 2.45) is 5.73 Å². The zero-order valence-corrected chi connectivity index (χ0v) is 11.0. The molecular formula is C9H14BrClN2S. The van der Waals surface area contributed by atoms with E-state index in [2.05, 4.69) is 32.3 Å². The summed E-state index contributed by atoms with van der Waals surface area (Å²) in [5.41, 5.74) is 5.84. The second kappa shape index (κ2) is 5.47. The molecule has 0 aliphatic carbocycles. The maximum absolute atomic E-state index is 5.84. The first-order valence-electron chi connectivity index (χ1n) is 4.45. The lowest BCUT2D eigenvalue weighted by atomic mass is 10.3. The van der Waals surface area contributed by atoms with Gasteiger partial charge in [-0.15, -0.1) is 23.7 Å². The Hall–Kier alpha value is 0.390. The predicted molar refractivity (Wildman–Crippen MR) is 67.1 cm³/mol. The molecular weight excluding hydrogens is 284 g/mol. The molecule has 1 aromatic rings. The highest BCUT2D eigenvalue weighted by Crippen LogP contribution is 2.25. The van der Waals surface area contributed by atoms with Gasteiger partial charge in [0.1, 0.15) is 0 Å². The third kappa shape index (κ3) is 2.94. The van der Waals surface area contributed by atoms with Gasteiger partial charge in [-0.1, -0.05) is 0 Å². The van der Waals surface area contributed by atoms with E-state index in [1.165, 1.54) is 9.35 Å². The van der Waals surface area contributed by atoms with Crippen LogP contribution in [0.1, 0.15) is 11.3 Å². The Morgan fingerprint density at radius 3 is 2.93 bits per heavy atom. The number of hydrogen-bond donors (Lipinski definition) is 1. The number of likely N-dealkylation sites (tertiary alicyclic amines) is 1. The van der Waals surface area contributed by atoms with Crippen LogP contribution in [0.3, 0.4) is 0 Å². The number of nitrogens with zero attached hydrogens (tertiary/aromatic N) is 1. The lowest BCUT2D eigenvalue weighted by Gasteiger charge is -2.13. The zero-order chi connectivity index (χ0) is 9.26. The molecule has 1 aliphatic rings. The Bertz CT molecular complexity index is 292. The quantitative estimate of drug-likeness (QED) is 0.908. The first kappa shape index (κ1) is 12.5. The van der Waals surface area contributed by atoms with Crippen LogP contribution in [-0.2, 0) is 6.54 Å². The van der Waals surface area contributed by atoms with Gasteiger partial charge in [0.2, 0.25) is 0 Å². The van der Waals surface area contributed by atoms with E-state index < -0.39 is 0 Å². The van der Waals surface area contributed by atoms with E-state index in [0.717, 1.165) is 26.1 Å². The Morgan fingerprint density at radius 2 is 2.43 bits per heavy atom. The van der Waals surface area contributed by atoms with Crippen LogP contribution in [0.5, 0.6) is 0 Å². The Balaban J connectivity index is 0.000000980. The average molecular weight is 298 g/mol. The molecule has 2 rings (SSSR count). The number of thiophene rings is 1. The maximum Gasteiger partial charge on any atom is 0.0339 e. The van der Waals surface area contributed by atoms with E-state index >= 15 is 0 Å². The highest BCUT2D eigenvalue weighted by molar-refractivity contribution is 9.10. The first-order valence-corrected chi connectivity index (χ1v) is 6.13. The standard InChI is InChI=1S/C9H13BrN2S.ClH/c10-8-2-4-13-9(8)6-12-3-1-7(11)5-12;/h2,4,7H,1,3,5-6,11H2;1H. The van der Waals surface area contributed by atoms with Crippen molar-refractivity contribution in [3.8, 4) is 0 Å². The summed E-state index contributed by atoms with van der Waals surface area (Å²) in [4.78, 5) is 3.83. The van der Waals surface area contributed by atoms with E-state index in [1.54, 1.807) is 0 Å². The largest absolute Gasteiger partial charge is 0.326 e.